The zero-order chi connectivity index (χ0) is 31.2. The van der Waals surface area contributed by atoms with E-state index in [0.717, 1.165) is 36.0 Å². The van der Waals surface area contributed by atoms with E-state index in [2.05, 4.69) is 105 Å². The highest BCUT2D eigenvalue weighted by Gasteiger charge is 2.21. The van der Waals surface area contributed by atoms with Crippen molar-refractivity contribution in [2.45, 2.75) is 39.7 Å². The normalized spacial score (nSPS) is 12.2. The minimum Gasteiger partial charge on any atom is -0.490 e. The number of hydrogen-bond donors (Lipinski definition) is 0. The number of rotatable bonds is 11. The van der Waals surface area contributed by atoms with Crippen LogP contribution in [0.1, 0.15) is 29.2 Å². The van der Waals surface area contributed by atoms with Crippen LogP contribution < -0.4 is 9.64 Å². The molecule has 0 fully saturated rings. The maximum atomic E-state index is 11.8. The fourth-order valence-corrected chi connectivity index (χ4v) is 5.23. The number of carbonyl (C=O) groups excluding carboxylic acids is 2. The van der Waals surface area contributed by atoms with Crippen molar-refractivity contribution in [3.05, 3.63) is 132 Å². The molecule has 1 atom stereocenters. The van der Waals surface area contributed by atoms with Gasteiger partial charge in [0.2, 0.25) is 0 Å². The molecule has 0 N–H and O–H groups in total. The van der Waals surface area contributed by atoms with Crippen LogP contribution in [0.25, 0.3) is 11.1 Å². The Kier molecular flexibility index (Phi) is 9.29. The van der Waals surface area contributed by atoms with E-state index in [1.165, 1.54) is 33.4 Å². The summed E-state index contributed by atoms with van der Waals surface area (Å²) in [6.07, 6.45) is 2.04. The van der Waals surface area contributed by atoms with E-state index >= 15 is 0 Å². The predicted octanol–water partition coefficient (Wildman–Crippen LogP) is 8.13. The topological polar surface area (TPSA) is 65.1 Å². The molecule has 1 aliphatic rings. The minimum atomic E-state index is -0.788. The van der Waals surface area contributed by atoms with Gasteiger partial charge in [-0.3, -0.25) is 0 Å². The first-order chi connectivity index (χ1) is 21.2. The molecule has 224 valence electrons. The second-order valence-electron chi connectivity index (χ2n) is 11.1. The summed E-state index contributed by atoms with van der Waals surface area (Å²) in [6, 6.07) is 30.0. The Morgan fingerprint density at radius 1 is 0.795 bits per heavy atom. The molecule has 1 unspecified atom stereocenters. The molecule has 0 saturated heterocycles. The molecule has 0 spiro atoms. The standard InChI is InChI=1S/C38H37NO5/c1-6-37(40)44-34(24-43-38(41)25(2)3)23-42-33-18-20-36-29(22-33)12-11-28-21-32(17-19-35(28)36)39(30-13-7-26(4)8-14-30)31-15-9-27(5)10-16-31/h6-10,13-22,34H,1-2,11-12,23-24H2,3-5H3. The van der Waals surface area contributed by atoms with Gasteiger partial charge in [-0.2, -0.15) is 0 Å². The first-order valence-electron chi connectivity index (χ1n) is 14.7. The summed E-state index contributed by atoms with van der Waals surface area (Å²) in [5, 5.41) is 0. The first-order valence-corrected chi connectivity index (χ1v) is 14.7. The van der Waals surface area contributed by atoms with Gasteiger partial charge in [-0.05, 0) is 104 Å². The van der Waals surface area contributed by atoms with Crippen molar-refractivity contribution in [3.63, 3.8) is 0 Å². The Bertz CT molecular complexity index is 1640. The zero-order valence-electron chi connectivity index (χ0n) is 25.5. The van der Waals surface area contributed by atoms with Crippen LogP contribution in [-0.2, 0) is 31.9 Å². The fourth-order valence-electron chi connectivity index (χ4n) is 5.23. The van der Waals surface area contributed by atoms with Crippen molar-refractivity contribution in [3.8, 4) is 16.9 Å². The third kappa shape index (κ3) is 7.09. The van der Waals surface area contributed by atoms with Crippen molar-refractivity contribution in [2.24, 2.45) is 0 Å². The molecule has 4 aromatic carbocycles. The molecule has 0 saturated carbocycles. The number of esters is 2. The van der Waals surface area contributed by atoms with Gasteiger partial charge in [0.25, 0.3) is 0 Å². The van der Waals surface area contributed by atoms with E-state index in [-0.39, 0.29) is 18.8 Å². The highest BCUT2D eigenvalue weighted by molar-refractivity contribution is 5.87. The van der Waals surface area contributed by atoms with E-state index in [0.29, 0.717) is 5.75 Å². The maximum Gasteiger partial charge on any atom is 0.333 e. The quantitative estimate of drug-likeness (QED) is 0.130. The SMILES string of the molecule is C=CC(=O)OC(COC(=O)C(=C)C)COc1ccc2c(c1)CCc1cc(N(c3ccc(C)cc3)c3ccc(C)cc3)ccc1-2. The average molecular weight is 588 g/mol. The summed E-state index contributed by atoms with van der Waals surface area (Å²) >= 11 is 0. The number of anilines is 3. The molecule has 6 nitrogen and oxygen atoms in total. The first kappa shape index (κ1) is 30.4. The Morgan fingerprint density at radius 3 is 1.91 bits per heavy atom. The molecule has 0 heterocycles. The van der Waals surface area contributed by atoms with Crippen molar-refractivity contribution in [1.82, 2.24) is 0 Å². The smallest absolute Gasteiger partial charge is 0.333 e. The Balaban J connectivity index is 1.36. The molecule has 0 radical (unpaired) electrons. The second kappa shape index (κ2) is 13.5. The fraction of sp³-hybridized carbons (Fsp3) is 0.211. The molecule has 6 heteroatoms. The van der Waals surface area contributed by atoms with Gasteiger partial charge in [0.15, 0.2) is 6.10 Å². The van der Waals surface area contributed by atoms with Crippen LogP contribution in [-0.4, -0.2) is 31.3 Å². The van der Waals surface area contributed by atoms with Gasteiger partial charge >= 0.3 is 11.9 Å². The molecule has 4 aromatic rings. The zero-order valence-corrected chi connectivity index (χ0v) is 25.5. The highest BCUT2D eigenvalue weighted by atomic mass is 16.6. The summed E-state index contributed by atoms with van der Waals surface area (Å²) in [7, 11) is 0. The van der Waals surface area contributed by atoms with Crippen LogP contribution in [0.5, 0.6) is 5.75 Å². The lowest BCUT2D eigenvalue weighted by Crippen LogP contribution is -2.30. The lowest BCUT2D eigenvalue weighted by Gasteiger charge is -2.28. The Hall–Kier alpha value is -5.10. The van der Waals surface area contributed by atoms with Crippen LogP contribution in [0.15, 0.2) is 110 Å². The van der Waals surface area contributed by atoms with Crippen LogP contribution in [0.2, 0.25) is 0 Å². The number of aryl methyl sites for hydroxylation is 4. The van der Waals surface area contributed by atoms with Gasteiger partial charge in [0, 0.05) is 28.7 Å². The largest absolute Gasteiger partial charge is 0.490 e. The van der Waals surface area contributed by atoms with Crippen LogP contribution in [0.3, 0.4) is 0 Å². The van der Waals surface area contributed by atoms with Gasteiger partial charge in [-0.15, -0.1) is 0 Å². The van der Waals surface area contributed by atoms with E-state index in [9.17, 15) is 9.59 Å². The molecule has 1 aliphatic carbocycles. The summed E-state index contributed by atoms with van der Waals surface area (Å²) in [4.78, 5) is 26.0. The molecule has 5 rings (SSSR count). The van der Waals surface area contributed by atoms with Crippen LogP contribution in [0.4, 0.5) is 17.1 Å². The molecule has 0 aromatic heterocycles. The van der Waals surface area contributed by atoms with Crippen molar-refractivity contribution in [2.75, 3.05) is 18.1 Å². The number of hydrogen-bond acceptors (Lipinski definition) is 6. The van der Waals surface area contributed by atoms with Gasteiger partial charge in [0.1, 0.15) is 19.0 Å². The lowest BCUT2D eigenvalue weighted by molar-refractivity contribution is -0.154. The van der Waals surface area contributed by atoms with Gasteiger partial charge in [0.05, 0.1) is 0 Å². The number of nitrogens with zero attached hydrogens (tertiary/aromatic N) is 1. The molecule has 0 aliphatic heterocycles. The van der Waals surface area contributed by atoms with Crippen molar-refractivity contribution in [1.29, 1.82) is 0 Å². The molecular weight excluding hydrogens is 550 g/mol. The summed E-state index contributed by atoms with van der Waals surface area (Å²) in [6.45, 7) is 12.6. The van der Waals surface area contributed by atoms with E-state index in [1.54, 1.807) is 6.92 Å². The number of carbonyl (C=O) groups is 2. The maximum absolute atomic E-state index is 11.8. The highest BCUT2D eigenvalue weighted by Crippen LogP contribution is 2.41. The third-order valence-electron chi connectivity index (χ3n) is 7.60. The van der Waals surface area contributed by atoms with Crippen molar-refractivity contribution < 1.29 is 23.8 Å². The lowest BCUT2D eigenvalue weighted by atomic mass is 9.85. The number of fused-ring (bicyclic) bond motifs is 3. The van der Waals surface area contributed by atoms with Gasteiger partial charge < -0.3 is 19.1 Å². The van der Waals surface area contributed by atoms with E-state index in [4.69, 9.17) is 14.2 Å². The van der Waals surface area contributed by atoms with Crippen LogP contribution in [0, 0.1) is 13.8 Å². The molecule has 0 bridgehead atoms. The summed E-state index contributed by atoms with van der Waals surface area (Å²) in [5.41, 5.74) is 10.9. The Labute approximate surface area is 259 Å². The molecule has 44 heavy (non-hydrogen) atoms. The molecular formula is C38H37NO5. The van der Waals surface area contributed by atoms with Crippen molar-refractivity contribution >= 4 is 29.0 Å². The van der Waals surface area contributed by atoms with E-state index < -0.39 is 18.0 Å². The average Bonchev–Trinajstić information content (AvgIpc) is 3.03. The second-order valence-corrected chi connectivity index (χ2v) is 11.1. The van der Waals surface area contributed by atoms with E-state index in [1.807, 2.05) is 12.1 Å². The minimum absolute atomic E-state index is 0.0235. The van der Waals surface area contributed by atoms with Crippen LogP contribution >= 0.6 is 0 Å². The summed E-state index contributed by atoms with van der Waals surface area (Å²) in [5.74, 6) is -0.518. The van der Waals surface area contributed by atoms with Gasteiger partial charge in [-0.1, -0.05) is 60.7 Å². The number of benzene rings is 4. The van der Waals surface area contributed by atoms with Gasteiger partial charge in [-0.25, -0.2) is 9.59 Å². The third-order valence-corrected chi connectivity index (χ3v) is 7.60. The molecule has 0 amide bonds. The number of ether oxygens (including phenoxy) is 3. The Morgan fingerprint density at radius 2 is 1.34 bits per heavy atom. The summed E-state index contributed by atoms with van der Waals surface area (Å²) < 4.78 is 16.5. The monoisotopic (exact) mass is 587 g/mol. The predicted molar refractivity (Wildman–Crippen MR) is 175 cm³/mol.